The average Bonchev–Trinajstić information content (AvgIpc) is 2.03. The van der Waals surface area contributed by atoms with Crippen LogP contribution in [0.2, 0.25) is 0 Å². The fourth-order valence-corrected chi connectivity index (χ4v) is 0.941. The molecular formula is C8H8ClF2N. The van der Waals surface area contributed by atoms with Gasteiger partial charge in [0.15, 0.2) is 0 Å². The second-order valence-corrected chi connectivity index (χ2v) is 2.56. The summed E-state index contributed by atoms with van der Waals surface area (Å²) in [6, 6.07) is 3.71. The largest absolute Gasteiger partial charge is 0.300 e. The molecule has 1 N–H and O–H groups in total. The van der Waals surface area contributed by atoms with Crippen molar-refractivity contribution in [3.63, 3.8) is 0 Å². The van der Waals surface area contributed by atoms with Crippen molar-refractivity contribution in [2.45, 2.75) is 6.54 Å². The molecule has 0 aromatic heterocycles. The molecule has 0 heterocycles. The van der Waals surface area contributed by atoms with Gasteiger partial charge in [-0.15, -0.1) is 11.6 Å². The zero-order valence-corrected chi connectivity index (χ0v) is 7.04. The first kappa shape index (κ1) is 9.42. The fourth-order valence-electron chi connectivity index (χ4n) is 0.847. The van der Waals surface area contributed by atoms with Crippen molar-refractivity contribution < 1.29 is 8.78 Å². The van der Waals surface area contributed by atoms with Gasteiger partial charge in [0.2, 0.25) is 0 Å². The summed E-state index contributed by atoms with van der Waals surface area (Å²) in [5, 5.41) is 2.73. The normalized spacial score (nSPS) is 10.2. The summed E-state index contributed by atoms with van der Waals surface area (Å²) in [7, 11) is 0. The smallest absolute Gasteiger partial charge is 0.130 e. The second kappa shape index (κ2) is 4.38. The van der Waals surface area contributed by atoms with Crippen LogP contribution in [0.1, 0.15) is 5.56 Å². The maximum Gasteiger partial charge on any atom is 0.130 e. The predicted molar refractivity (Wildman–Crippen MR) is 43.9 cm³/mol. The Balaban J connectivity index is 2.72. The van der Waals surface area contributed by atoms with Gasteiger partial charge in [-0.25, -0.2) is 8.78 Å². The predicted octanol–water partition coefficient (Wildman–Crippen LogP) is 2.25. The molecule has 1 nitrogen and oxygen atoms in total. The van der Waals surface area contributed by atoms with Crippen LogP contribution in [0.3, 0.4) is 0 Å². The molecule has 0 atom stereocenters. The minimum atomic E-state index is -0.567. The van der Waals surface area contributed by atoms with E-state index in [1.54, 1.807) is 0 Å². The lowest BCUT2D eigenvalue weighted by molar-refractivity contribution is 0.566. The first-order chi connectivity index (χ1) is 5.74. The molecule has 0 aliphatic heterocycles. The number of benzene rings is 1. The van der Waals surface area contributed by atoms with Crippen LogP contribution >= 0.6 is 11.6 Å². The van der Waals surface area contributed by atoms with Gasteiger partial charge in [0.05, 0.1) is 6.00 Å². The Labute approximate surface area is 74.3 Å². The summed E-state index contributed by atoms with van der Waals surface area (Å²) >= 11 is 5.33. The third-order valence-corrected chi connectivity index (χ3v) is 1.61. The molecule has 0 saturated carbocycles. The molecule has 0 amide bonds. The van der Waals surface area contributed by atoms with E-state index >= 15 is 0 Å². The van der Waals surface area contributed by atoms with Crippen molar-refractivity contribution >= 4 is 11.6 Å². The highest BCUT2D eigenvalue weighted by Gasteiger charge is 2.01. The standard InChI is InChI=1S/C8H8ClF2N/c9-5-12-4-6-1-2-7(10)3-8(6)11/h1-3,12H,4-5H2. The molecule has 1 aromatic carbocycles. The SMILES string of the molecule is Fc1ccc(CNCCl)c(F)c1. The molecule has 4 heteroatoms. The first-order valence-electron chi connectivity index (χ1n) is 3.44. The maximum atomic E-state index is 12.9. The van der Waals surface area contributed by atoms with Gasteiger partial charge in [0.1, 0.15) is 11.6 Å². The van der Waals surface area contributed by atoms with E-state index in [1.807, 2.05) is 0 Å². The molecule has 0 aliphatic rings. The van der Waals surface area contributed by atoms with Crippen LogP contribution in [0, 0.1) is 11.6 Å². The summed E-state index contributed by atoms with van der Waals surface area (Å²) in [5.41, 5.74) is 0.414. The lowest BCUT2D eigenvalue weighted by atomic mass is 10.2. The van der Waals surface area contributed by atoms with E-state index in [0.29, 0.717) is 12.1 Å². The zero-order valence-electron chi connectivity index (χ0n) is 6.28. The van der Waals surface area contributed by atoms with Crippen LogP contribution in [0.5, 0.6) is 0 Å². The molecule has 1 aromatic rings. The van der Waals surface area contributed by atoms with Crippen LogP contribution in [0.25, 0.3) is 0 Å². The topological polar surface area (TPSA) is 12.0 Å². The Morgan fingerprint density at radius 1 is 1.33 bits per heavy atom. The Hall–Kier alpha value is -0.670. The van der Waals surface area contributed by atoms with Gasteiger partial charge < -0.3 is 0 Å². The number of hydrogen-bond acceptors (Lipinski definition) is 1. The maximum absolute atomic E-state index is 12.9. The molecule has 12 heavy (non-hydrogen) atoms. The molecule has 0 fully saturated rings. The van der Waals surface area contributed by atoms with Gasteiger partial charge in [-0.3, -0.25) is 5.32 Å². The highest BCUT2D eigenvalue weighted by Crippen LogP contribution is 2.08. The molecule has 0 radical (unpaired) electrons. The van der Waals surface area contributed by atoms with Crippen molar-refractivity contribution in [3.05, 3.63) is 35.4 Å². The Bertz CT molecular complexity index is 265. The third kappa shape index (κ3) is 2.43. The molecule has 0 aliphatic carbocycles. The molecule has 66 valence electrons. The molecule has 0 spiro atoms. The number of alkyl halides is 1. The van der Waals surface area contributed by atoms with Crippen LogP contribution in [-0.2, 0) is 6.54 Å². The van der Waals surface area contributed by atoms with E-state index < -0.39 is 11.6 Å². The number of nitrogens with one attached hydrogen (secondary N) is 1. The second-order valence-electron chi connectivity index (χ2n) is 2.30. The number of halogens is 3. The van der Waals surface area contributed by atoms with Crippen LogP contribution < -0.4 is 5.32 Å². The molecule has 0 bridgehead atoms. The van der Waals surface area contributed by atoms with Crippen molar-refractivity contribution in [2.24, 2.45) is 0 Å². The summed E-state index contributed by atoms with van der Waals surface area (Å²) in [5.74, 6) is -1.12. The third-order valence-electron chi connectivity index (χ3n) is 1.43. The fraction of sp³-hybridized carbons (Fsp3) is 0.250. The summed E-state index contributed by atoms with van der Waals surface area (Å²) in [6.45, 7) is 0.315. The Morgan fingerprint density at radius 3 is 2.67 bits per heavy atom. The zero-order chi connectivity index (χ0) is 8.97. The Morgan fingerprint density at radius 2 is 2.08 bits per heavy atom. The summed E-state index contributed by atoms with van der Waals surface area (Å²) in [4.78, 5) is 0. The van der Waals surface area contributed by atoms with Crippen LogP contribution in [0.15, 0.2) is 18.2 Å². The van der Waals surface area contributed by atoms with Gasteiger partial charge in [0.25, 0.3) is 0 Å². The number of hydrogen-bond donors (Lipinski definition) is 1. The van der Waals surface area contributed by atoms with Gasteiger partial charge in [-0.2, -0.15) is 0 Å². The van der Waals surface area contributed by atoms with Gasteiger partial charge >= 0.3 is 0 Å². The highest BCUT2D eigenvalue weighted by atomic mass is 35.5. The minimum absolute atomic E-state index is 0.247. The summed E-state index contributed by atoms with van der Waals surface area (Å²) < 4.78 is 25.2. The number of rotatable bonds is 3. The molecular weight excluding hydrogens is 184 g/mol. The first-order valence-corrected chi connectivity index (χ1v) is 3.98. The van der Waals surface area contributed by atoms with Crippen molar-refractivity contribution in [3.8, 4) is 0 Å². The summed E-state index contributed by atoms with van der Waals surface area (Å²) in [6.07, 6.45) is 0. The lowest BCUT2D eigenvalue weighted by Crippen LogP contribution is -2.11. The molecule has 0 saturated heterocycles. The van der Waals surface area contributed by atoms with Gasteiger partial charge in [0, 0.05) is 18.2 Å². The molecule has 1 rings (SSSR count). The van der Waals surface area contributed by atoms with Crippen molar-refractivity contribution in [2.75, 3.05) is 6.00 Å². The van der Waals surface area contributed by atoms with E-state index in [4.69, 9.17) is 11.6 Å². The highest BCUT2D eigenvalue weighted by molar-refractivity contribution is 6.17. The van der Waals surface area contributed by atoms with Crippen LogP contribution in [0.4, 0.5) is 8.78 Å². The monoisotopic (exact) mass is 191 g/mol. The quantitative estimate of drug-likeness (QED) is 0.571. The van der Waals surface area contributed by atoms with Crippen LogP contribution in [-0.4, -0.2) is 6.00 Å². The van der Waals surface area contributed by atoms with Crippen molar-refractivity contribution in [1.29, 1.82) is 0 Å². The van der Waals surface area contributed by atoms with E-state index in [9.17, 15) is 8.78 Å². The minimum Gasteiger partial charge on any atom is -0.300 e. The van der Waals surface area contributed by atoms with Gasteiger partial charge in [-0.05, 0) is 6.07 Å². The van der Waals surface area contributed by atoms with E-state index in [2.05, 4.69) is 5.32 Å². The molecule has 0 unspecified atom stereocenters. The average molecular weight is 192 g/mol. The van der Waals surface area contributed by atoms with E-state index in [-0.39, 0.29) is 6.00 Å². The Kier molecular flexibility index (Phi) is 3.44. The van der Waals surface area contributed by atoms with E-state index in [1.165, 1.54) is 12.1 Å². The van der Waals surface area contributed by atoms with E-state index in [0.717, 1.165) is 6.07 Å². The van der Waals surface area contributed by atoms with Gasteiger partial charge in [-0.1, -0.05) is 6.07 Å². The van der Waals surface area contributed by atoms with Crippen molar-refractivity contribution in [1.82, 2.24) is 5.32 Å². The lowest BCUT2D eigenvalue weighted by Gasteiger charge is -2.02.